The smallest absolute Gasteiger partial charge is 0.341 e. The number of carbonyl (C=O) groups excluding carboxylic acids is 1. The number of aromatic nitrogens is 4. The van der Waals surface area contributed by atoms with Gasteiger partial charge in [-0.1, -0.05) is 12.1 Å². The summed E-state index contributed by atoms with van der Waals surface area (Å²) in [6.45, 7) is 3.23. The maximum absolute atomic E-state index is 13.1. The van der Waals surface area contributed by atoms with Crippen molar-refractivity contribution in [3.8, 4) is 5.82 Å². The Morgan fingerprint density at radius 1 is 1.06 bits per heavy atom. The molecule has 3 heterocycles. The minimum Gasteiger partial charge on any atom is -0.353 e. The zero-order valence-corrected chi connectivity index (χ0v) is 17.9. The summed E-state index contributed by atoms with van der Waals surface area (Å²) in [6, 6.07) is 6.88. The minimum absolute atomic E-state index is 0.249. The lowest BCUT2D eigenvalue weighted by atomic mass is 10.2. The van der Waals surface area contributed by atoms with Gasteiger partial charge in [-0.25, -0.2) is 23.4 Å². The van der Waals surface area contributed by atoms with Gasteiger partial charge in [0.15, 0.2) is 0 Å². The first-order valence-corrected chi connectivity index (χ1v) is 11.3. The average molecular weight is 462 g/mol. The largest absolute Gasteiger partial charge is 0.353 e. The summed E-state index contributed by atoms with van der Waals surface area (Å²) in [7, 11) is -4.89. The van der Waals surface area contributed by atoms with Gasteiger partial charge >= 0.3 is 5.76 Å². The van der Waals surface area contributed by atoms with E-state index in [0.717, 1.165) is 6.07 Å². The van der Waals surface area contributed by atoms with Gasteiger partial charge in [-0.2, -0.15) is 8.78 Å². The molecular formula is C20H20F2N6O3S. The van der Waals surface area contributed by atoms with Crippen LogP contribution in [-0.4, -0.2) is 70.7 Å². The van der Waals surface area contributed by atoms with E-state index < -0.39 is 26.4 Å². The summed E-state index contributed by atoms with van der Waals surface area (Å²) in [5.74, 6) is -2.26. The molecule has 3 aromatic rings. The second kappa shape index (κ2) is 8.61. The van der Waals surface area contributed by atoms with Crippen molar-refractivity contribution in [1.29, 1.82) is 0 Å². The molecule has 0 bridgehead atoms. The lowest BCUT2D eigenvalue weighted by Crippen LogP contribution is -2.49. The highest BCUT2D eigenvalue weighted by molar-refractivity contribution is 7.91. The van der Waals surface area contributed by atoms with Crippen molar-refractivity contribution < 1.29 is 22.0 Å². The van der Waals surface area contributed by atoms with Crippen LogP contribution >= 0.6 is 0 Å². The number of sulfone groups is 1. The summed E-state index contributed by atoms with van der Waals surface area (Å²) in [5, 5.41) is 0. The fourth-order valence-electron chi connectivity index (χ4n) is 3.52. The number of nitrogens with zero attached hydrogens (tertiary/aromatic N) is 6. The normalized spacial score (nSPS) is 14.8. The Bertz CT molecular complexity index is 1230. The summed E-state index contributed by atoms with van der Waals surface area (Å²) in [6.07, 6.45) is 5.05. The van der Waals surface area contributed by atoms with Crippen molar-refractivity contribution in [2.45, 2.75) is 17.6 Å². The van der Waals surface area contributed by atoms with Gasteiger partial charge in [-0.15, -0.1) is 0 Å². The van der Waals surface area contributed by atoms with Gasteiger partial charge in [-0.05, 0) is 19.1 Å². The molecule has 0 spiro atoms. The SMILES string of the molecule is Cc1nc(N2CCN(C(=O)c3ccccc3S(=O)(=O)C(F)F)CC2)cc(-n2ccnc2)n1. The fraction of sp³-hybridized carbons (Fsp3) is 0.300. The van der Waals surface area contributed by atoms with Crippen molar-refractivity contribution in [2.24, 2.45) is 0 Å². The quantitative estimate of drug-likeness (QED) is 0.571. The Hall–Kier alpha value is -3.41. The van der Waals surface area contributed by atoms with E-state index in [1.807, 2.05) is 11.0 Å². The third-order valence-corrected chi connectivity index (χ3v) is 6.57. The molecule has 1 amide bonds. The molecule has 4 rings (SSSR count). The van der Waals surface area contributed by atoms with Crippen LogP contribution in [0.3, 0.4) is 0 Å². The Labute approximate surface area is 183 Å². The monoisotopic (exact) mass is 462 g/mol. The van der Waals surface area contributed by atoms with Crippen molar-refractivity contribution in [3.63, 3.8) is 0 Å². The van der Waals surface area contributed by atoms with Crippen LogP contribution in [-0.2, 0) is 9.84 Å². The van der Waals surface area contributed by atoms with Crippen LogP contribution in [0.15, 0.2) is 53.9 Å². The maximum atomic E-state index is 13.1. The number of piperazine rings is 1. The number of carbonyl (C=O) groups is 1. The minimum atomic E-state index is -4.89. The lowest BCUT2D eigenvalue weighted by molar-refractivity contribution is 0.0742. The van der Waals surface area contributed by atoms with Crippen molar-refractivity contribution in [2.75, 3.05) is 31.1 Å². The zero-order valence-electron chi connectivity index (χ0n) is 17.1. The molecule has 1 fully saturated rings. The predicted molar refractivity (Wildman–Crippen MR) is 112 cm³/mol. The molecule has 0 radical (unpaired) electrons. The number of aryl methyl sites for hydroxylation is 1. The van der Waals surface area contributed by atoms with Gasteiger partial charge in [0.05, 0.1) is 10.5 Å². The number of rotatable bonds is 5. The van der Waals surface area contributed by atoms with Crippen LogP contribution in [0.4, 0.5) is 14.6 Å². The standard InChI is InChI=1S/C20H20F2N6O3S/c1-14-24-17(12-18(25-14)28-7-6-23-13-28)26-8-10-27(11-9-26)19(29)15-4-2-3-5-16(15)32(30,31)20(21)22/h2-7,12-13,20H,8-11H2,1H3. The van der Waals surface area contributed by atoms with Gasteiger partial charge in [-0.3, -0.25) is 9.36 Å². The molecule has 1 aliphatic heterocycles. The number of benzene rings is 1. The van der Waals surface area contributed by atoms with E-state index in [1.54, 1.807) is 30.2 Å². The molecule has 1 aliphatic rings. The molecule has 0 saturated carbocycles. The molecule has 1 saturated heterocycles. The Kier molecular flexibility index (Phi) is 5.87. The zero-order chi connectivity index (χ0) is 22.9. The Balaban J connectivity index is 1.52. The molecule has 1 aromatic carbocycles. The predicted octanol–water partition coefficient (Wildman–Crippen LogP) is 1.93. The van der Waals surface area contributed by atoms with Crippen LogP contribution in [0.1, 0.15) is 16.2 Å². The Morgan fingerprint density at radius 3 is 2.41 bits per heavy atom. The van der Waals surface area contributed by atoms with Crippen LogP contribution in [0.2, 0.25) is 0 Å². The van der Waals surface area contributed by atoms with Crippen molar-refractivity contribution in [1.82, 2.24) is 24.4 Å². The molecule has 0 N–H and O–H groups in total. The number of imidazole rings is 1. The van der Waals surface area contributed by atoms with Crippen LogP contribution in [0.5, 0.6) is 0 Å². The number of hydrogen-bond donors (Lipinski definition) is 0. The molecular weight excluding hydrogens is 442 g/mol. The van der Waals surface area contributed by atoms with E-state index in [2.05, 4.69) is 15.0 Å². The number of halogens is 2. The maximum Gasteiger partial charge on any atom is 0.341 e. The van der Waals surface area contributed by atoms with Crippen LogP contribution in [0.25, 0.3) is 5.82 Å². The number of hydrogen-bond acceptors (Lipinski definition) is 7. The van der Waals surface area contributed by atoms with E-state index in [9.17, 15) is 22.0 Å². The van der Waals surface area contributed by atoms with Gasteiger partial charge < -0.3 is 9.80 Å². The second-order valence-corrected chi connectivity index (χ2v) is 9.07. The summed E-state index contributed by atoms with van der Waals surface area (Å²) < 4.78 is 51.8. The third-order valence-electron chi connectivity index (χ3n) is 5.13. The number of anilines is 1. The molecule has 168 valence electrons. The first kappa shape index (κ1) is 21.8. The summed E-state index contributed by atoms with van der Waals surface area (Å²) in [4.78, 5) is 28.6. The van der Waals surface area contributed by atoms with Gasteiger partial charge in [0, 0.05) is 44.6 Å². The highest BCUT2D eigenvalue weighted by Gasteiger charge is 2.33. The number of alkyl halides is 2. The lowest BCUT2D eigenvalue weighted by Gasteiger charge is -2.35. The Morgan fingerprint density at radius 2 is 1.75 bits per heavy atom. The molecule has 0 aliphatic carbocycles. The average Bonchev–Trinajstić information content (AvgIpc) is 3.33. The van der Waals surface area contributed by atoms with Crippen molar-refractivity contribution >= 4 is 21.6 Å². The molecule has 9 nitrogen and oxygen atoms in total. The van der Waals surface area contributed by atoms with E-state index in [1.165, 1.54) is 23.1 Å². The molecule has 0 unspecified atom stereocenters. The highest BCUT2D eigenvalue weighted by Crippen LogP contribution is 2.24. The second-order valence-electron chi connectivity index (χ2n) is 7.18. The highest BCUT2D eigenvalue weighted by atomic mass is 32.2. The fourth-order valence-corrected chi connectivity index (χ4v) is 4.44. The first-order chi connectivity index (χ1) is 15.3. The molecule has 12 heteroatoms. The van der Waals surface area contributed by atoms with E-state index in [-0.39, 0.29) is 18.7 Å². The molecule has 2 aromatic heterocycles. The van der Waals surface area contributed by atoms with E-state index >= 15 is 0 Å². The first-order valence-electron chi connectivity index (χ1n) is 9.76. The van der Waals surface area contributed by atoms with E-state index in [4.69, 9.17) is 0 Å². The number of amides is 1. The van der Waals surface area contributed by atoms with Gasteiger partial charge in [0.25, 0.3) is 5.91 Å². The van der Waals surface area contributed by atoms with Gasteiger partial charge in [0.1, 0.15) is 23.8 Å². The van der Waals surface area contributed by atoms with Crippen molar-refractivity contribution in [3.05, 3.63) is 60.4 Å². The summed E-state index contributed by atoms with van der Waals surface area (Å²) in [5.41, 5.74) is -0.249. The van der Waals surface area contributed by atoms with Crippen LogP contribution in [0, 0.1) is 6.92 Å². The summed E-state index contributed by atoms with van der Waals surface area (Å²) >= 11 is 0. The molecule has 32 heavy (non-hydrogen) atoms. The topological polar surface area (TPSA) is 101 Å². The van der Waals surface area contributed by atoms with E-state index in [0.29, 0.717) is 30.5 Å². The third kappa shape index (κ3) is 4.17. The molecule has 0 atom stereocenters. The van der Waals surface area contributed by atoms with Gasteiger partial charge in [0.2, 0.25) is 9.84 Å². The van der Waals surface area contributed by atoms with Crippen LogP contribution < -0.4 is 4.90 Å².